The highest BCUT2D eigenvalue weighted by atomic mass is 19.1. The third-order valence-electron chi connectivity index (χ3n) is 6.35. The van der Waals surface area contributed by atoms with Crippen molar-refractivity contribution in [3.8, 4) is 0 Å². The van der Waals surface area contributed by atoms with Gasteiger partial charge in [-0.15, -0.1) is 0 Å². The summed E-state index contributed by atoms with van der Waals surface area (Å²) in [6.07, 6.45) is 7.86. The van der Waals surface area contributed by atoms with E-state index in [0.29, 0.717) is 6.42 Å². The maximum Gasteiger partial charge on any atom is 0.127 e. The van der Waals surface area contributed by atoms with E-state index in [-0.39, 0.29) is 17.2 Å². The van der Waals surface area contributed by atoms with Gasteiger partial charge in [0, 0.05) is 5.41 Å². The lowest BCUT2D eigenvalue weighted by Crippen LogP contribution is -2.45. The van der Waals surface area contributed by atoms with Crippen LogP contribution < -0.4 is 0 Å². The SMILES string of the molecule is CCCC(CCC)C1(O)c2c(c(F)cc3c2CCC3)CC1(C)C. The molecule has 0 radical (unpaired) electrons. The first-order chi connectivity index (χ1) is 10.9. The van der Waals surface area contributed by atoms with Gasteiger partial charge >= 0.3 is 0 Å². The molecule has 1 aromatic rings. The minimum absolute atomic E-state index is 0.0867. The van der Waals surface area contributed by atoms with Crippen LogP contribution in [0.1, 0.15) is 82.1 Å². The van der Waals surface area contributed by atoms with Crippen molar-refractivity contribution < 1.29 is 9.50 Å². The Labute approximate surface area is 140 Å². The Hall–Kier alpha value is -0.890. The van der Waals surface area contributed by atoms with Gasteiger partial charge in [-0.2, -0.15) is 0 Å². The summed E-state index contributed by atoms with van der Waals surface area (Å²) >= 11 is 0. The summed E-state index contributed by atoms with van der Waals surface area (Å²) < 4.78 is 14.8. The minimum Gasteiger partial charge on any atom is -0.384 e. The minimum atomic E-state index is -0.884. The molecule has 128 valence electrons. The van der Waals surface area contributed by atoms with E-state index in [1.165, 1.54) is 5.56 Å². The largest absolute Gasteiger partial charge is 0.384 e. The molecule has 2 aliphatic carbocycles. The highest BCUT2D eigenvalue weighted by molar-refractivity contribution is 5.52. The third kappa shape index (κ3) is 2.36. The zero-order chi connectivity index (χ0) is 16.8. The van der Waals surface area contributed by atoms with Crippen LogP contribution in [0.5, 0.6) is 0 Å². The predicted molar refractivity (Wildman–Crippen MR) is 93.1 cm³/mol. The molecule has 2 heteroatoms. The van der Waals surface area contributed by atoms with E-state index in [9.17, 15) is 9.50 Å². The van der Waals surface area contributed by atoms with E-state index in [0.717, 1.165) is 61.6 Å². The first kappa shape index (κ1) is 17.0. The molecule has 0 saturated carbocycles. The smallest absolute Gasteiger partial charge is 0.127 e. The normalized spacial score (nSPS) is 25.0. The van der Waals surface area contributed by atoms with Crippen molar-refractivity contribution in [3.63, 3.8) is 0 Å². The number of benzene rings is 1. The lowest BCUT2D eigenvalue weighted by atomic mass is 9.65. The van der Waals surface area contributed by atoms with Gasteiger partial charge in [-0.25, -0.2) is 4.39 Å². The van der Waals surface area contributed by atoms with Gasteiger partial charge in [-0.1, -0.05) is 40.5 Å². The fourth-order valence-corrected chi connectivity index (χ4v) is 5.32. The van der Waals surface area contributed by atoms with Gasteiger partial charge in [0.05, 0.1) is 5.60 Å². The van der Waals surface area contributed by atoms with Crippen LogP contribution in [0.3, 0.4) is 0 Å². The van der Waals surface area contributed by atoms with E-state index >= 15 is 0 Å². The predicted octanol–water partition coefficient (Wildman–Crippen LogP) is 5.30. The van der Waals surface area contributed by atoms with Gasteiger partial charge in [0.15, 0.2) is 0 Å². The molecule has 23 heavy (non-hydrogen) atoms. The summed E-state index contributed by atoms with van der Waals surface area (Å²) in [6, 6.07) is 1.75. The highest BCUT2D eigenvalue weighted by Gasteiger charge is 2.57. The first-order valence-electron chi connectivity index (χ1n) is 9.42. The average Bonchev–Trinajstić information content (AvgIpc) is 3.01. The number of aliphatic hydroxyl groups is 1. The molecule has 1 atom stereocenters. The van der Waals surface area contributed by atoms with E-state index < -0.39 is 5.60 Å². The molecule has 1 aromatic carbocycles. The van der Waals surface area contributed by atoms with E-state index in [1.54, 1.807) is 6.07 Å². The van der Waals surface area contributed by atoms with E-state index in [1.807, 2.05) is 0 Å². The van der Waals surface area contributed by atoms with Crippen molar-refractivity contribution in [2.24, 2.45) is 11.3 Å². The molecule has 2 aliphatic rings. The highest BCUT2D eigenvalue weighted by Crippen LogP contribution is 2.58. The molecule has 0 fully saturated rings. The lowest BCUT2D eigenvalue weighted by Gasteiger charge is -2.44. The number of rotatable bonds is 5. The van der Waals surface area contributed by atoms with Gasteiger partial charge in [-0.05, 0) is 72.8 Å². The Bertz CT molecular complexity index is 598. The van der Waals surface area contributed by atoms with Crippen molar-refractivity contribution in [2.75, 3.05) is 0 Å². The Morgan fingerprint density at radius 3 is 2.39 bits per heavy atom. The summed E-state index contributed by atoms with van der Waals surface area (Å²) in [5, 5.41) is 12.0. The quantitative estimate of drug-likeness (QED) is 0.781. The van der Waals surface area contributed by atoms with Crippen LogP contribution in [0.25, 0.3) is 0 Å². The molecule has 0 amide bonds. The zero-order valence-corrected chi connectivity index (χ0v) is 15.1. The van der Waals surface area contributed by atoms with E-state index in [2.05, 4.69) is 27.7 Å². The summed E-state index contributed by atoms with van der Waals surface area (Å²) in [6.45, 7) is 8.63. The number of halogens is 1. The molecule has 0 bridgehead atoms. The lowest BCUT2D eigenvalue weighted by molar-refractivity contribution is -0.113. The number of aryl methyl sites for hydroxylation is 1. The maximum atomic E-state index is 14.8. The van der Waals surface area contributed by atoms with Crippen LogP contribution in [0.4, 0.5) is 4.39 Å². The summed E-state index contributed by atoms with van der Waals surface area (Å²) in [4.78, 5) is 0. The number of hydrogen-bond donors (Lipinski definition) is 1. The Morgan fingerprint density at radius 1 is 1.13 bits per heavy atom. The van der Waals surface area contributed by atoms with Crippen LogP contribution in [-0.4, -0.2) is 5.11 Å². The second-order valence-electron chi connectivity index (χ2n) is 8.30. The van der Waals surface area contributed by atoms with Crippen molar-refractivity contribution in [3.05, 3.63) is 34.1 Å². The molecule has 0 saturated heterocycles. The van der Waals surface area contributed by atoms with Gasteiger partial charge in [0.2, 0.25) is 0 Å². The standard InChI is InChI=1S/C21H31FO/c1-5-8-15(9-6-2)21(23)19-16-11-7-10-14(16)12-18(22)17(19)13-20(21,3)4/h12,15,23H,5-11,13H2,1-4H3. The van der Waals surface area contributed by atoms with Crippen LogP contribution >= 0.6 is 0 Å². The van der Waals surface area contributed by atoms with Crippen LogP contribution in [0, 0.1) is 17.2 Å². The third-order valence-corrected chi connectivity index (χ3v) is 6.35. The van der Waals surface area contributed by atoms with Crippen LogP contribution in [-0.2, 0) is 24.9 Å². The van der Waals surface area contributed by atoms with E-state index in [4.69, 9.17) is 0 Å². The maximum absolute atomic E-state index is 14.8. The molecule has 1 nitrogen and oxygen atoms in total. The first-order valence-corrected chi connectivity index (χ1v) is 9.42. The van der Waals surface area contributed by atoms with Gasteiger partial charge in [-0.3, -0.25) is 0 Å². The second kappa shape index (κ2) is 5.88. The number of fused-ring (bicyclic) bond motifs is 3. The molecule has 1 N–H and O–H groups in total. The molecule has 0 heterocycles. The second-order valence-corrected chi connectivity index (χ2v) is 8.30. The van der Waals surface area contributed by atoms with Crippen molar-refractivity contribution in [2.45, 2.75) is 84.7 Å². The van der Waals surface area contributed by atoms with Crippen molar-refractivity contribution in [1.29, 1.82) is 0 Å². The van der Waals surface area contributed by atoms with Crippen LogP contribution in [0.2, 0.25) is 0 Å². The van der Waals surface area contributed by atoms with Gasteiger partial charge in [0.1, 0.15) is 5.82 Å². The molecule has 0 spiro atoms. The molecule has 1 unspecified atom stereocenters. The van der Waals surface area contributed by atoms with Gasteiger partial charge < -0.3 is 5.11 Å². The monoisotopic (exact) mass is 318 g/mol. The van der Waals surface area contributed by atoms with Crippen LogP contribution in [0.15, 0.2) is 6.07 Å². The van der Waals surface area contributed by atoms with Crippen molar-refractivity contribution >= 4 is 0 Å². The molecule has 3 rings (SSSR count). The number of hydrogen-bond acceptors (Lipinski definition) is 1. The Balaban J connectivity index is 2.22. The molecular formula is C21H31FO. The molecule has 0 aromatic heterocycles. The molecule has 0 aliphatic heterocycles. The zero-order valence-electron chi connectivity index (χ0n) is 15.1. The Morgan fingerprint density at radius 2 is 1.78 bits per heavy atom. The van der Waals surface area contributed by atoms with Gasteiger partial charge in [0.25, 0.3) is 0 Å². The Kier molecular flexibility index (Phi) is 4.33. The summed E-state index contributed by atoms with van der Waals surface area (Å²) in [5.41, 5.74) is 3.02. The fourth-order valence-electron chi connectivity index (χ4n) is 5.32. The molecular weight excluding hydrogens is 287 g/mol. The average molecular weight is 318 g/mol. The van der Waals surface area contributed by atoms with Crippen molar-refractivity contribution in [1.82, 2.24) is 0 Å². The summed E-state index contributed by atoms with van der Waals surface area (Å²) in [5.74, 6) is 0.136. The summed E-state index contributed by atoms with van der Waals surface area (Å²) in [7, 11) is 0. The fraction of sp³-hybridized carbons (Fsp3) is 0.714. The topological polar surface area (TPSA) is 20.2 Å².